The van der Waals surface area contributed by atoms with Crippen LogP contribution in [-0.4, -0.2) is 0 Å². The molecular weight excluding hydrogens is 422 g/mol. The van der Waals surface area contributed by atoms with Crippen LogP contribution in [0.3, 0.4) is 0 Å². The van der Waals surface area contributed by atoms with Crippen molar-refractivity contribution in [3.05, 3.63) is 131 Å². The quantitative estimate of drug-likeness (QED) is 0.247. The van der Waals surface area contributed by atoms with E-state index < -0.39 is 0 Å². The molecule has 0 bridgehead atoms. The van der Waals surface area contributed by atoms with Crippen molar-refractivity contribution in [2.45, 2.75) is 19.8 Å². The maximum absolute atomic E-state index is 9.08. The molecule has 0 aliphatic rings. The summed E-state index contributed by atoms with van der Waals surface area (Å²) in [6.07, 6.45) is 3.15. The first kappa shape index (κ1) is 22.7. The van der Waals surface area contributed by atoms with Gasteiger partial charge < -0.3 is 14.2 Å². The number of hydrogen-bond donors (Lipinski definition) is 0. The van der Waals surface area contributed by atoms with Crippen LogP contribution >= 0.6 is 0 Å². The van der Waals surface area contributed by atoms with Crippen molar-refractivity contribution in [2.24, 2.45) is 0 Å². The zero-order valence-corrected chi connectivity index (χ0v) is 18.8. The van der Waals surface area contributed by atoms with Crippen molar-refractivity contribution in [3.8, 4) is 23.3 Å². The van der Waals surface area contributed by atoms with E-state index in [4.69, 9.17) is 19.5 Å². The summed E-state index contributed by atoms with van der Waals surface area (Å²) in [5.41, 5.74) is 3.90. The second-order valence-electron chi connectivity index (χ2n) is 7.62. The van der Waals surface area contributed by atoms with Gasteiger partial charge in [-0.05, 0) is 28.8 Å². The molecule has 168 valence electrons. The van der Waals surface area contributed by atoms with Crippen LogP contribution in [-0.2, 0) is 19.8 Å². The minimum atomic E-state index is 0.397. The molecule has 0 atom stereocenters. The normalized spacial score (nSPS) is 10.6. The highest BCUT2D eigenvalue weighted by molar-refractivity contribution is 5.64. The summed E-state index contributed by atoms with van der Waals surface area (Å²) < 4.78 is 18.5. The molecule has 4 aromatic carbocycles. The Balaban J connectivity index is 1.63. The van der Waals surface area contributed by atoms with Gasteiger partial charge in [-0.15, -0.1) is 0 Å². The van der Waals surface area contributed by atoms with Gasteiger partial charge >= 0.3 is 0 Å². The Labute approximate surface area is 200 Å². The molecule has 0 aromatic heterocycles. The highest BCUT2D eigenvalue weighted by atomic mass is 16.5. The average Bonchev–Trinajstić information content (AvgIpc) is 2.90. The second kappa shape index (κ2) is 11.9. The molecule has 4 nitrogen and oxygen atoms in total. The van der Waals surface area contributed by atoms with Crippen molar-refractivity contribution in [1.82, 2.24) is 0 Å². The monoisotopic (exact) mass is 447 g/mol. The molecule has 0 saturated carbocycles. The smallest absolute Gasteiger partial charge is 0.165 e. The van der Waals surface area contributed by atoms with Gasteiger partial charge in [0, 0.05) is 17.7 Å². The number of hydrogen-bond acceptors (Lipinski definition) is 4. The third-order valence-electron chi connectivity index (χ3n) is 5.13. The molecule has 0 fully saturated rings. The summed E-state index contributed by atoms with van der Waals surface area (Å²) in [7, 11) is 0. The molecule has 0 unspecified atom stereocenters. The summed E-state index contributed by atoms with van der Waals surface area (Å²) in [4.78, 5) is 0. The molecule has 0 saturated heterocycles. The first-order valence-corrected chi connectivity index (χ1v) is 11.1. The molecule has 34 heavy (non-hydrogen) atoms. The number of nitriles is 1. The van der Waals surface area contributed by atoms with E-state index in [1.54, 1.807) is 6.08 Å². The Hall–Kier alpha value is -4.49. The standard InChI is InChI=1S/C30H25NO3/c31-18-10-17-27-19-29(33-22-25-13-6-2-7-14-25)30(34-23-26-15-8-3-9-16-26)20-28(27)32-21-24-11-4-1-5-12-24/h1-17,19-20H,21-23H2. The predicted octanol–water partition coefficient (Wildman–Crippen LogP) is 6.96. The third kappa shape index (κ3) is 6.51. The molecule has 0 aliphatic heterocycles. The van der Waals surface area contributed by atoms with Gasteiger partial charge in [0.25, 0.3) is 0 Å². The van der Waals surface area contributed by atoms with E-state index in [0.29, 0.717) is 37.1 Å². The molecular formula is C30H25NO3. The maximum atomic E-state index is 9.08. The Bertz CT molecular complexity index is 1250. The van der Waals surface area contributed by atoms with Crippen molar-refractivity contribution in [3.63, 3.8) is 0 Å². The molecule has 0 amide bonds. The minimum absolute atomic E-state index is 0.397. The minimum Gasteiger partial charge on any atom is -0.488 e. The number of rotatable bonds is 10. The first-order chi connectivity index (χ1) is 16.8. The van der Waals surface area contributed by atoms with Gasteiger partial charge in [-0.25, -0.2) is 0 Å². The fraction of sp³-hybridized carbons (Fsp3) is 0.100. The lowest BCUT2D eigenvalue weighted by Crippen LogP contribution is -2.03. The summed E-state index contributed by atoms with van der Waals surface area (Å²) in [6.45, 7) is 1.19. The molecule has 0 radical (unpaired) electrons. The van der Waals surface area contributed by atoms with Crippen molar-refractivity contribution < 1.29 is 14.2 Å². The van der Waals surface area contributed by atoms with E-state index in [1.165, 1.54) is 6.08 Å². The van der Waals surface area contributed by atoms with Gasteiger partial charge in [-0.2, -0.15) is 5.26 Å². The number of benzene rings is 4. The second-order valence-corrected chi connectivity index (χ2v) is 7.62. The highest BCUT2D eigenvalue weighted by Gasteiger charge is 2.14. The van der Waals surface area contributed by atoms with Crippen LogP contribution in [0.15, 0.2) is 109 Å². The van der Waals surface area contributed by atoms with Crippen LogP contribution in [0.5, 0.6) is 17.2 Å². The van der Waals surface area contributed by atoms with Crippen molar-refractivity contribution in [2.75, 3.05) is 0 Å². The lowest BCUT2D eigenvalue weighted by atomic mass is 10.1. The zero-order valence-electron chi connectivity index (χ0n) is 18.8. The van der Waals surface area contributed by atoms with Crippen molar-refractivity contribution in [1.29, 1.82) is 5.26 Å². The first-order valence-electron chi connectivity index (χ1n) is 11.1. The molecule has 0 heterocycles. The molecule has 4 heteroatoms. The van der Waals surface area contributed by atoms with Crippen LogP contribution in [0.25, 0.3) is 6.08 Å². The van der Waals surface area contributed by atoms with E-state index in [9.17, 15) is 0 Å². The van der Waals surface area contributed by atoms with Gasteiger partial charge in [-0.1, -0.05) is 91.0 Å². The average molecular weight is 448 g/mol. The van der Waals surface area contributed by atoms with Gasteiger partial charge in [0.15, 0.2) is 11.5 Å². The summed E-state index contributed by atoms with van der Waals surface area (Å²) >= 11 is 0. The summed E-state index contributed by atoms with van der Waals surface area (Å²) in [5, 5.41) is 9.08. The number of nitrogens with zero attached hydrogens (tertiary/aromatic N) is 1. The molecule has 4 rings (SSSR count). The SMILES string of the molecule is N#CC=Cc1cc(OCc2ccccc2)c(OCc2ccccc2)cc1OCc1ccccc1. The van der Waals surface area contributed by atoms with E-state index in [-0.39, 0.29) is 0 Å². The molecule has 0 spiro atoms. The van der Waals surface area contributed by atoms with Crippen molar-refractivity contribution >= 4 is 6.08 Å². The Morgan fingerprint density at radius 3 is 1.41 bits per heavy atom. The fourth-order valence-corrected chi connectivity index (χ4v) is 3.37. The predicted molar refractivity (Wildman–Crippen MR) is 133 cm³/mol. The Kier molecular flexibility index (Phi) is 7.97. The Morgan fingerprint density at radius 1 is 0.559 bits per heavy atom. The van der Waals surface area contributed by atoms with Crippen LogP contribution in [0, 0.1) is 11.3 Å². The van der Waals surface area contributed by atoms with Gasteiger partial charge in [0.2, 0.25) is 0 Å². The molecule has 4 aromatic rings. The lowest BCUT2D eigenvalue weighted by Gasteiger charge is -2.17. The van der Waals surface area contributed by atoms with Gasteiger partial charge in [-0.3, -0.25) is 0 Å². The summed E-state index contributed by atoms with van der Waals surface area (Å²) in [5.74, 6) is 1.78. The van der Waals surface area contributed by atoms with Crippen LogP contribution in [0.1, 0.15) is 22.3 Å². The van der Waals surface area contributed by atoms with E-state index in [0.717, 1.165) is 22.3 Å². The summed E-state index contributed by atoms with van der Waals surface area (Å²) in [6, 6.07) is 35.6. The molecule has 0 aliphatic carbocycles. The van der Waals surface area contributed by atoms with Crippen LogP contribution in [0.4, 0.5) is 0 Å². The van der Waals surface area contributed by atoms with Gasteiger partial charge in [0.05, 0.1) is 6.07 Å². The van der Waals surface area contributed by atoms with Crippen LogP contribution in [0.2, 0.25) is 0 Å². The fourth-order valence-electron chi connectivity index (χ4n) is 3.37. The number of ether oxygens (including phenoxy) is 3. The number of allylic oxidation sites excluding steroid dienone is 1. The maximum Gasteiger partial charge on any atom is 0.165 e. The topological polar surface area (TPSA) is 51.5 Å². The largest absolute Gasteiger partial charge is 0.488 e. The lowest BCUT2D eigenvalue weighted by molar-refractivity contribution is 0.251. The highest BCUT2D eigenvalue weighted by Crippen LogP contribution is 2.37. The Morgan fingerprint density at radius 2 is 0.971 bits per heavy atom. The molecule has 0 N–H and O–H groups in total. The van der Waals surface area contributed by atoms with E-state index >= 15 is 0 Å². The van der Waals surface area contributed by atoms with Gasteiger partial charge in [0.1, 0.15) is 25.6 Å². The van der Waals surface area contributed by atoms with E-state index in [2.05, 4.69) is 0 Å². The third-order valence-corrected chi connectivity index (χ3v) is 5.13. The van der Waals surface area contributed by atoms with Crippen LogP contribution < -0.4 is 14.2 Å². The van der Waals surface area contributed by atoms with E-state index in [1.807, 2.05) is 109 Å². The zero-order chi connectivity index (χ0) is 23.4.